The third-order valence-electron chi connectivity index (χ3n) is 3.42. The Kier molecular flexibility index (Phi) is 6.30. The van der Waals surface area contributed by atoms with Gasteiger partial charge in [0.1, 0.15) is 6.61 Å². The molecule has 3 aromatic rings. The molecule has 0 fully saturated rings. The lowest BCUT2D eigenvalue weighted by atomic mass is 10.2. The summed E-state index contributed by atoms with van der Waals surface area (Å²) in [5.74, 6) is 0.380. The Hall–Kier alpha value is -3.03. The number of amides is 1. The highest BCUT2D eigenvalue weighted by atomic mass is 35.5. The van der Waals surface area contributed by atoms with Crippen LogP contribution >= 0.6 is 23.8 Å². The van der Waals surface area contributed by atoms with Gasteiger partial charge in [0.2, 0.25) is 5.88 Å². The van der Waals surface area contributed by atoms with Crippen LogP contribution in [0.25, 0.3) is 0 Å². The maximum atomic E-state index is 12.1. The van der Waals surface area contributed by atoms with Crippen LogP contribution in [0.3, 0.4) is 0 Å². The first-order chi connectivity index (χ1) is 13.1. The van der Waals surface area contributed by atoms with Gasteiger partial charge in [-0.3, -0.25) is 15.1 Å². The number of hydrogen-bond donors (Lipinski definition) is 2. The molecule has 2 aromatic carbocycles. The van der Waals surface area contributed by atoms with Gasteiger partial charge >= 0.3 is 0 Å². The minimum atomic E-state index is -0.309. The highest BCUT2D eigenvalue weighted by molar-refractivity contribution is 7.80. The molecule has 1 amide bonds. The molecule has 0 saturated carbocycles. The maximum Gasteiger partial charge on any atom is 0.257 e. The molecule has 0 aliphatic heterocycles. The number of nitrogens with one attached hydrogen (secondary N) is 2. The molecule has 0 aliphatic carbocycles. The van der Waals surface area contributed by atoms with E-state index >= 15 is 0 Å². The molecule has 0 bridgehead atoms. The molecule has 1 heterocycles. The predicted octanol–water partition coefficient (Wildman–Crippen LogP) is 3.84. The summed E-state index contributed by atoms with van der Waals surface area (Å²) in [6, 6.07) is 16.1. The third kappa shape index (κ3) is 5.73. The average Bonchev–Trinajstić information content (AvgIpc) is 2.68. The number of halogens is 1. The van der Waals surface area contributed by atoms with E-state index in [2.05, 4.69) is 20.6 Å². The van der Waals surface area contributed by atoms with Gasteiger partial charge in [-0.25, -0.2) is 0 Å². The third-order valence-corrected chi connectivity index (χ3v) is 3.87. The molecule has 0 saturated heterocycles. The standard InChI is InChI=1S/C19H15ClN4O2S/c20-15-8-6-13(7-9-15)12-26-17-11-21-10-16(22-17)23-19(27)24-18(25)14-4-2-1-3-5-14/h1-11H,12H2,(H2,22,23,24,25,27). The quantitative estimate of drug-likeness (QED) is 0.636. The smallest absolute Gasteiger partial charge is 0.257 e. The molecule has 1 aromatic heterocycles. The summed E-state index contributed by atoms with van der Waals surface area (Å²) in [7, 11) is 0. The molecular weight excluding hydrogens is 384 g/mol. The fourth-order valence-electron chi connectivity index (χ4n) is 2.13. The van der Waals surface area contributed by atoms with Crippen molar-refractivity contribution in [3.8, 4) is 5.88 Å². The molecule has 136 valence electrons. The fraction of sp³-hybridized carbons (Fsp3) is 0.0526. The monoisotopic (exact) mass is 398 g/mol. The largest absolute Gasteiger partial charge is 0.472 e. The first kappa shape index (κ1) is 18.8. The van der Waals surface area contributed by atoms with Crippen LogP contribution in [0.1, 0.15) is 15.9 Å². The van der Waals surface area contributed by atoms with Crippen LogP contribution in [0.15, 0.2) is 67.0 Å². The molecule has 0 atom stereocenters. The zero-order chi connectivity index (χ0) is 19.1. The number of rotatable bonds is 5. The van der Waals surface area contributed by atoms with Crippen LogP contribution < -0.4 is 15.4 Å². The highest BCUT2D eigenvalue weighted by Crippen LogP contribution is 2.14. The zero-order valence-corrected chi connectivity index (χ0v) is 15.6. The number of ether oxygens (including phenoxy) is 1. The van der Waals surface area contributed by atoms with Crippen molar-refractivity contribution in [2.75, 3.05) is 5.32 Å². The van der Waals surface area contributed by atoms with E-state index in [1.807, 2.05) is 18.2 Å². The van der Waals surface area contributed by atoms with Crippen LogP contribution in [0, 0.1) is 0 Å². The van der Waals surface area contributed by atoms with Gasteiger partial charge in [-0.1, -0.05) is 41.9 Å². The fourth-order valence-corrected chi connectivity index (χ4v) is 2.45. The lowest BCUT2D eigenvalue weighted by molar-refractivity contribution is 0.0977. The van der Waals surface area contributed by atoms with Gasteiger partial charge in [0.25, 0.3) is 5.91 Å². The van der Waals surface area contributed by atoms with Crippen molar-refractivity contribution in [2.45, 2.75) is 6.61 Å². The number of anilines is 1. The highest BCUT2D eigenvalue weighted by Gasteiger charge is 2.08. The molecule has 8 heteroatoms. The zero-order valence-electron chi connectivity index (χ0n) is 14.1. The maximum absolute atomic E-state index is 12.1. The van der Waals surface area contributed by atoms with Crippen LogP contribution in [0.4, 0.5) is 5.82 Å². The predicted molar refractivity (Wildman–Crippen MR) is 108 cm³/mol. The molecule has 0 spiro atoms. The number of nitrogens with zero attached hydrogens (tertiary/aromatic N) is 2. The number of hydrogen-bond acceptors (Lipinski definition) is 5. The molecule has 0 radical (unpaired) electrons. The Morgan fingerprint density at radius 3 is 2.56 bits per heavy atom. The second-order valence-electron chi connectivity index (χ2n) is 5.43. The van der Waals surface area contributed by atoms with E-state index in [1.54, 1.807) is 36.4 Å². The van der Waals surface area contributed by atoms with Crippen LogP contribution in [-0.4, -0.2) is 21.0 Å². The molecule has 6 nitrogen and oxygen atoms in total. The number of thiocarbonyl (C=S) groups is 1. The first-order valence-corrected chi connectivity index (χ1v) is 8.75. The normalized spacial score (nSPS) is 10.1. The summed E-state index contributed by atoms with van der Waals surface area (Å²) in [4.78, 5) is 20.4. The van der Waals surface area contributed by atoms with Gasteiger partial charge in [-0.05, 0) is 42.0 Å². The second kappa shape index (κ2) is 9.07. The van der Waals surface area contributed by atoms with Crippen LogP contribution in [0.5, 0.6) is 5.88 Å². The molecule has 0 aliphatic rings. The van der Waals surface area contributed by atoms with E-state index in [-0.39, 0.29) is 11.0 Å². The van der Waals surface area contributed by atoms with E-state index in [1.165, 1.54) is 12.4 Å². The van der Waals surface area contributed by atoms with Crippen LogP contribution in [-0.2, 0) is 6.61 Å². The summed E-state index contributed by atoms with van der Waals surface area (Å²) in [6.45, 7) is 0.324. The minimum Gasteiger partial charge on any atom is -0.472 e. The van der Waals surface area contributed by atoms with Gasteiger partial charge in [-0.2, -0.15) is 4.98 Å². The molecule has 2 N–H and O–H groups in total. The lowest BCUT2D eigenvalue weighted by Gasteiger charge is -2.10. The Labute approximate surface area is 166 Å². The summed E-state index contributed by atoms with van der Waals surface area (Å²) < 4.78 is 5.62. The van der Waals surface area contributed by atoms with Crippen molar-refractivity contribution in [3.63, 3.8) is 0 Å². The molecule has 27 heavy (non-hydrogen) atoms. The van der Waals surface area contributed by atoms with Crippen LogP contribution in [0.2, 0.25) is 5.02 Å². The molecule has 0 unspecified atom stereocenters. The number of benzene rings is 2. The molecular formula is C19H15ClN4O2S. The van der Waals surface area contributed by atoms with Crippen molar-refractivity contribution in [1.29, 1.82) is 0 Å². The van der Waals surface area contributed by atoms with Gasteiger partial charge in [0.05, 0.1) is 12.4 Å². The van der Waals surface area contributed by atoms with E-state index in [9.17, 15) is 4.79 Å². The van der Waals surface area contributed by atoms with Crippen molar-refractivity contribution in [2.24, 2.45) is 0 Å². The first-order valence-electron chi connectivity index (χ1n) is 7.97. The minimum absolute atomic E-state index is 0.119. The number of aromatic nitrogens is 2. The van der Waals surface area contributed by atoms with Crippen molar-refractivity contribution in [3.05, 3.63) is 83.1 Å². The second-order valence-corrected chi connectivity index (χ2v) is 6.28. The number of carbonyl (C=O) groups excluding carboxylic acids is 1. The Balaban J connectivity index is 1.56. The van der Waals surface area contributed by atoms with Crippen molar-refractivity contribution < 1.29 is 9.53 Å². The summed E-state index contributed by atoms with van der Waals surface area (Å²) >= 11 is 11.0. The van der Waals surface area contributed by atoms with Gasteiger partial charge in [0.15, 0.2) is 10.9 Å². The molecule has 3 rings (SSSR count). The van der Waals surface area contributed by atoms with Gasteiger partial charge in [0, 0.05) is 10.6 Å². The lowest BCUT2D eigenvalue weighted by Crippen LogP contribution is -2.34. The van der Waals surface area contributed by atoms with Crippen molar-refractivity contribution >= 4 is 40.7 Å². The number of carbonyl (C=O) groups is 1. The van der Waals surface area contributed by atoms with E-state index in [0.717, 1.165) is 5.56 Å². The Bertz CT molecular complexity index is 936. The van der Waals surface area contributed by atoms with Gasteiger partial charge in [-0.15, -0.1) is 0 Å². The summed E-state index contributed by atoms with van der Waals surface area (Å²) in [5, 5.41) is 6.19. The Morgan fingerprint density at radius 1 is 1.07 bits per heavy atom. The van der Waals surface area contributed by atoms with E-state index in [4.69, 9.17) is 28.6 Å². The topological polar surface area (TPSA) is 76.1 Å². The summed E-state index contributed by atoms with van der Waals surface area (Å²) in [5.41, 5.74) is 1.46. The Morgan fingerprint density at radius 2 is 1.81 bits per heavy atom. The van der Waals surface area contributed by atoms with Crippen molar-refractivity contribution in [1.82, 2.24) is 15.3 Å². The van der Waals surface area contributed by atoms with E-state index in [0.29, 0.717) is 28.9 Å². The van der Waals surface area contributed by atoms with Gasteiger partial charge < -0.3 is 10.1 Å². The average molecular weight is 399 g/mol. The SMILES string of the molecule is O=C(NC(=S)Nc1cncc(OCc2ccc(Cl)cc2)n1)c1ccccc1. The van der Waals surface area contributed by atoms with E-state index < -0.39 is 0 Å². The summed E-state index contributed by atoms with van der Waals surface area (Å²) in [6.07, 6.45) is 2.98.